The smallest absolute Gasteiger partial charge is 0.384 e. The van der Waals surface area contributed by atoms with Gasteiger partial charge < -0.3 is 15.4 Å². The van der Waals surface area contributed by atoms with Gasteiger partial charge in [0.15, 0.2) is 5.82 Å². The van der Waals surface area contributed by atoms with Crippen LogP contribution >= 0.6 is 0 Å². The van der Waals surface area contributed by atoms with Crippen molar-refractivity contribution in [1.82, 2.24) is 19.3 Å². The largest absolute Gasteiger partial charge is 0.429 e. The standard InChI is InChI=1S/C11H14F3N5O/c1-6-7(8(15)19(3)17-6)10(20,11(12,13)14)9-16-4-5-18(9)2/h4-5,20H,15H2,1-3H3/t10-/m1/s1. The van der Waals surface area contributed by atoms with E-state index in [0.717, 1.165) is 9.25 Å². The Balaban J connectivity index is 2.82. The molecule has 20 heavy (non-hydrogen) atoms. The molecule has 0 fully saturated rings. The normalized spacial score (nSPS) is 15.3. The lowest BCUT2D eigenvalue weighted by molar-refractivity contribution is -0.251. The van der Waals surface area contributed by atoms with Gasteiger partial charge in [-0.1, -0.05) is 0 Å². The molecule has 9 heteroatoms. The molecule has 0 aliphatic carbocycles. The summed E-state index contributed by atoms with van der Waals surface area (Å²) in [6.45, 7) is 1.35. The van der Waals surface area contributed by atoms with Crippen LogP contribution in [0.15, 0.2) is 12.4 Å². The third-order valence-electron chi connectivity index (χ3n) is 3.18. The molecule has 0 aromatic carbocycles. The van der Waals surface area contributed by atoms with E-state index in [1.807, 2.05) is 0 Å². The summed E-state index contributed by atoms with van der Waals surface area (Å²) in [7, 11) is 2.77. The van der Waals surface area contributed by atoms with Crippen molar-refractivity contribution in [1.29, 1.82) is 0 Å². The van der Waals surface area contributed by atoms with Crippen molar-refractivity contribution in [3.63, 3.8) is 0 Å². The second-order valence-corrected chi connectivity index (χ2v) is 4.54. The predicted molar refractivity (Wildman–Crippen MR) is 64.6 cm³/mol. The molecular formula is C11H14F3N5O. The summed E-state index contributed by atoms with van der Waals surface area (Å²) in [5.41, 5.74) is 1.83. The summed E-state index contributed by atoms with van der Waals surface area (Å²) in [6, 6.07) is 0. The van der Waals surface area contributed by atoms with Crippen molar-refractivity contribution in [2.45, 2.75) is 18.7 Å². The zero-order valence-electron chi connectivity index (χ0n) is 11.1. The van der Waals surface area contributed by atoms with Crippen LogP contribution in [0.3, 0.4) is 0 Å². The number of aliphatic hydroxyl groups is 1. The zero-order valence-corrected chi connectivity index (χ0v) is 11.1. The molecule has 0 saturated carbocycles. The molecule has 0 aliphatic rings. The lowest BCUT2D eigenvalue weighted by Gasteiger charge is -2.30. The van der Waals surface area contributed by atoms with Crippen molar-refractivity contribution in [2.75, 3.05) is 5.73 Å². The van der Waals surface area contributed by atoms with E-state index in [-0.39, 0.29) is 11.5 Å². The summed E-state index contributed by atoms with van der Waals surface area (Å²) < 4.78 is 42.7. The number of rotatable bonds is 2. The van der Waals surface area contributed by atoms with Crippen LogP contribution in [0.5, 0.6) is 0 Å². The number of alkyl halides is 3. The lowest BCUT2D eigenvalue weighted by atomic mass is 9.91. The Morgan fingerprint density at radius 3 is 2.25 bits per heavy atom. The minimum Gasteiger partial charge on any atom is -0.384 e. The van der Waals surface area contributed by atoms with E-state index in [1.165, 1.54) is 33.4 Å². The highest BCUT2D eigenvalue weighted by molar-refractivity contribution is 5.51. The van der Waals surface area contributed by atoms with Crippen LogP contribution in [-0.4, -0.2) is 30.6 Å². The summed E-state index contributed by atoms with van der Waals surface area (Å²) in [5.74, 6) is -0.821. The van der Waals surface area contributed by atoms with Crippen LogP contribution in [0.2, 0.25) is 0 Å². The van der Waals surface area contributed by atoms with Crippen molar-refractivity contribution in [3.8, 4) is 0 Å². The van der Waals surface area contributed by atoms with Gasteiger partial charge in [0.1, 0.15) is 5.82 Å². The maximum atomic E-state index is 13.5. The topological polar surface area (TPSA) is 81.9 Å². The fourth-order valence-corrected chi connectivity index (χ4v) is 2.22. The van der Waals surface area contributed by atoms with E-state index in [9.17, 15) is 18.3 Å². The molecule has 0 aliphatic heterocycles. The number of hydrogen-bond donors (Lipinski definition) is 2. The van der Waals surface area contributed by atoms with E-state index in [0.29, 0.717) is 0 Å². The molecule has 6 nitrogen and oxygen atoms in total. The van der Waals surface area contributed by atoms with Crippen molar-refractivity contribution >= 4 is 5.82 Å². The minimum absolute atomic E-state index is 0.00664. The van der Waals surface area contributed by atoms with Gasteiger partial charge in [-0.05, 0) is 6.92 Å². The van der Waals surface area contributed by atoms with Gasteiger partial charge in [0.25, 0.3) is 0 Å². The Kier molecular flexibility index (Phi) is 3.04. The van der Waals surface area contributed by atoms with E-state index >= 15 is 0 Å². The fraction of sp³-hybridized carbons (Fsp3) is 0.455. The van der Waals surface area contributed by atoms with E-state index in [2.05, 4.69) is 10.1 Å². The second-order valence-electron chi connectivity index (χ2n) is 4.54. The van der Waals surface area contributed by atoms with Gasteiger partial charge in [-0.2, -0.15) is 18.3 Å². The minimum atomic E-state index is -4.99. The van der Waals surface area contributed by atoms with Crippen LogP contribution in [0.25, 0.3) is 0 Å². The predicted octanol–water partition coefficient (Wildman–Crippen LogP) is 0.842. The van der Waals surface area contributed by atoms with Gasteiger partial charge in [0.2, 0.25) is 5.60 Å². The number of halogens is 3. The third-order valence-corrected chi connectivity index (χ3v) is 3.18. The maximum absolute atomic E-state index is 13.5. The highest BCUT2D eigenvalue weighted by Gasteiger charge is 2.61. The molecule has 0 unspecified atom stereocenters. The number of aryl methyl sites for hydroxylation is 3. The quantitative estimate of drug-likeness (QED) is 0.858. The van der Waals surface area contributed by atoms with Crippen LogP contribution in [0, 0.1) is 6.92 Å². The Bertz CT molecular complexity index is 645. The van der Waals surface area contributed by atoms with Crippen LogP contribution in [-0.2, 0) is 19.7 Å². The molecule has 2 rings (SSSR count). The third kappa shape index (κ3) is 1.77. The molecule has 0 bridgehead atoms. The average Bonchev–Trinajstić information content (AvgIpc) is 2.83. The summed E-state index contributed by atoms with van der Waals surface area (Å²) in [4.78, 5) is 3.62. The van der Waals surface area contributed by atoms with Gasteiger partial charge in [0.05, 0.1) is 11.3 Å². The number of nitrogens with two attached hydrogens (primary N) is 1. The highest BCUT2D eigenvalue weighted by atomic mass is 19.4. The molecule has 0 radical (unpaired) electrons. The fourth-order valence-electron chi connectivity index (χ4n) is 2.22. The first-order chi connectivity index (χ1) is 9.10. The molecule has 2 aromatic heterocycles. The first-order valence-electron chi connectivity index (χ1n) is 5.67. The van der Waals surface area contributed by atoms with Crippen molar-refractivity contribution in [2.24, 2.45) is 14.1 Å². The van der Waals surface area contributed by atoms with Crippen molar-refractivity contribution < 1.29 is 18.3 Å². The SMILES string of the molecule is Cc1nn(C)c(N)c1[C@@](O)(c1nccn1C)C(F)(F)F. The van der Waals surface area contributed by atoms with E-state index < -0.39 is 23.2 Å². The Morgan fingerprint density at radius 2 is 1.90 bits per heavy atom. The van der Waals surface area contributed by atoms with E-state index in [1.54, 1.807) is 0 Å². The molecule has 1 atom stereocenters. The summed E-state index contributed by atoms with van der Waals surface area (Å²) in [5, 5.41) is 14.2. The first-order valence-corrected chi connectivity index (χ1v) is 5.67. The zero-order chi connectivity index (χ0) is 15.3. The average molecular weight is 289 g/mol. The molecule has 0 spiro atoms. The summed E-state index contributed by atoms with van der Waals surface area (Å²) in [6.07, 6.45) is -2.50. The maximum Gasteiger partial charge on any atom is 0.429 e. The lowest BCUT2D eigenvalue weighted by Crippen LogP contribution is -2.46. The van der Waals surface area contributed by atoms with Gasteiger partial charge in [-0.15, -0.1) is 0 Å². The number of hydrogen-bond acceptors (Lipinski definition) is 4. The van der Waals surface area contributed by atoms with Gasteiger partial charge in [-0.25, -0.2) is 4.98 Å². The molecular weight excluding hydrogens is 275 g/mol. The molecule has 110 valence electrons. The summed E-state index contributed by atoms with van der Waals surface area (Å²) >= 11 is 0. The highest BCUT2D eigenvalue weighted by Crippen LogP contribution is 2.46. The first kappa shape index (κ1) is 14.4. The Morgan fingerprint density at radius 1 is 1.30 bits per heavy atom. The van der Waals surface area contributed by atoms with Gasteiger partial charge in [-0.3, -0.25) is 4.68 Å². The molecule has 2 aromatic rings. The van der Waals surface area contributed by atoms with Gasteiger partial charge >= 0.3 is 6.18 Å². The number of anilines is 1. The van der Waals surface area contributed by atoms with Crippen LogP contribution in [0.1, 0.15) is 17.1 Å². The van der Waals surface area contributed by atoms with Crippen molar-refractivity contribution in [3.05, 3.63) is 29.5 Å². The number of imidazole rings is 1. The number of nitrogens with zero attached hydrogens (tertiary/aromatic N) is 4. The molecule has 0 saturated heterocycles. The molecule has 2 heterocycles. The van der Waals surface area contributed by atoms with Crippen LogP contribution < -0.4 is 5.73 Å². The Hall–Kier alpha value is -2.03. The molecule has 3 N–H and O–H groups in total. The number of aromatic nitrogens is 4. The monoisotopic (exact) mass is 289 g/mol. The Labute approximate surface area is 112 Å². The molecule has 0 amide bonds. The van der Waals surface area contributed by atoms with E-state index in [4.69, 9.17) is 5.73 Å². The number of nitrogen functional groups attached to an aromatic ring is 1. The second kappa shape index (κ2) is 4.23. The van der Waals surface area contributed by atoms with Crippen LogP contribution in [0.4, 0.5) is 19.0 Å². The van der Waals surface area contributed by atoms with Gasteiger partial charge in [0, 0.05) is 26.5 Å².